The fraction of sp³-hybridized carbons (Fsp3) is 0.263. The lowest BCUT2D eigenvalue weighted by Crippen LogP contribution is -2.40. The minimum absolute atomic E-state index is 0.0511. The van der Waals surface area contributed by atoms with Gasteiger partial charge >= 0.3 is 0 Å². The Bertz CT molecular complexity index is 828. The van der Waals surface area contributed by atoms with Crippen molar-refractivity contribution in [2.45, 2.75) is 19.9 Å². The largest absolute Gasteiger partial charge is 0.370 e. The number of carbonyl (C=O) groups is 1. The summed E-state index contributed by atoms with van der Waals surface area (Å²) in [5.74, 6) is -0.0511. The van der Waals surface area contributed by atoms with Crippen molar-refractivity contribution in [3.8, 4) is 10.6 Å². The number of para-hydroxylation sites is 1. The second-order valence-corrected chi connectivity index (χ2v) is 7.73. The van der Waals surface area contributed by atoms with E-state index in [1.54, 1.807) is 11.3 Å². The Kier molecular flexibility index (Phi) is 5.50. The summed E-state index contributed by atoms with van der Waals surface area (Å²) in [5.41, 5.74) is 3.00. The third kappa shape index (κ3) is 4.08. The van der Waals surface area contributed by atoms with Crippen LogP contribution in [0.1, 0.15) is 22.3 Å². The van der Waals surface area contributed by atoms with Crippen LogP contribution in [-0.2, 0) is 0 Å². The monoisotopic (exact) mass is 371 g/mol. The summed E-state index contributed by atoms with van der Waals surface area (Å²) in [7, 11) is 2.04. The van der Waals surface area contributed by atoms with Crippen LogP contribution in [-0.4, -0.2) is 30.5 Å². The summed E-state index contributed by atoms with van der Waals surface area (Å²) < 4.78 is 0. The van der Waals surface area contributed by atoms with Crippen molar-refractivity contribution < 1.29 is 4.79 Å². The average Bonchev–Trinajstić information content (AvgIpc) is 3.29. The van der Waals surface area contributed by atoms with Crippen molar-refractivity contribution in [3.63, 3.8) is 0 Å². The normalized spacial score (nSPS) is 12.0. The fourth-order valence-electron chi connectivity index (χ4n) is 2.49. The van der Waals surface area contributed by atoms with Crippen LogP contribution in [0.3, 0.4) is 0 Å². The molecule has 0 saturated heterocycles. The van der Waals surface area contributed by atoms with Gasteiger partial charge in [0, 0.05) is 36.3 Å². The first-order valence-corrected chi connectivity index (χ1v) is 9.88. The number of aromatic nitrogens is 1. The summed E-state index contributed by atoms with van der Waals surface area (Å²) in [6.07, 6.45) is 0. The van der Waals surface area contributed by atoms with E-state index in [0.29, 0.717) is 11.4 Å². The summed E-state index contributed by atoms with van der Waals surface area (Å²) in [5, 5.41) is 8.02. The van der Waals surface area contributed by atoms with Crippen LogP contribution in [0, 0.1) is 6.92 Å². The van der Waals surface area contributed by atoms with E-state index in [2.05, 4.69) is 39.6 Å². The van der Waals surface area contributed by atoms with Gasteiger partial charge in [0.05, 0.1) is 5.69 Å². The summed E-state index contributed by atoms with van der Waals surface area (Å²) in [6, 6.07) is 12.4. The van der Waals surface area contributed by atoms with Crippen LogP contribution in [0.2, 0.25) is 0 Å². The standard InChI is InChI=1S/C19H21N3OS2/c1-13(22(3)16-7-5-4-6-8-16)11-20-18(23)17-14(2)21-19(25-17)15-9-10-24-12-15/h4-10,12-13H,11H2,1-3H3,(H,20,23). The molecule has 0 spiro atoms. The highest BCUT2D eigenvalue weighted by molar-refractivity contribution is 7.17. The van der Waals surface area contributed by atoms with Gasteiger partial charge in [0.2, 0.25) is 0 Å². The number of rotatable bonds is 6. The lowest BCUT2D eigenvalue weighted by molar-refractivity contribution is 0.0955. The molecule has 2 aromatic heterocycles. The lowest BCUT2D eigenvalue weighted by Gasteiger charge is -2.27. The number of nitrogens with one attached hydrogen (secondary N) is 1. The summed E-state index contributed by atoms with van der Waals surface area (Å²) in [6.45, 7) is 4.57. The molecule has 0 aliphatic heterocycles. The zero-order valence-corrected chi connectivity index (χ0v) is 16.2. The molecule has 2 heterocycles. The molecule has 1 amide bonds. The summed E-state index contributed by atoms with van der Waals surface area (Å²) >= 11 is 3.09. The highest BCUT2D eigenvalue weighted by Crippen LogP contribution is 2.29. The van der Waals surface area contributed by atoms with E-state index in [1.807, 2.05) is 43.6 Å². The van der Waals surface area contributed by atoms with Gasteiger partial charge in [-0.05, 0) is 37.4 Å². The number of carbonyl (C=O) groups excluding carboxylic acids is 1. The van der Waals surface area contributed by atoms with Gasteiger partial charge in [0.15, 0.2) is 0 Å². The first kappa shape index (κ1) is 17.6. The molecule has 3 aromatic rings. The number of amides is 1. The van der Waals surface area contributed by atoms with E-state index in [4.69, 9.17) is 0 Å². The molecule has 0 radical (unpaired) electrons. The molecule has 0 aliphatic carbocycles. The fourth-order valence-corrected chi connectivity index (χ4v) is 4.19. The zero-order chi connectivity index (χ0) is 17.8. The van der Waals surface area contributed by atoms with E-state index >= 15 is 0 Å². The molecule has 6 heteroatoms. The van der Waals surface area contributed by atoms with Gasteiger partial charge in [-0.1, -0.05) is 18.2 Å². The van der Waals surface area contributed by atoms with Gasteiger partial charge in [-0.15, -0.1) is 11.3 Å². The number of benzene rings is 1. The van der Waals surface area contributed by atoms with Crippen LogP contribution in [0.5, 0.6) is 0 Å². The minimum atomic E-state index is -0.0511. The molecule has 1 atom stereocenters. The molecule has 1 aromatic carbocycles. The van der Waals surface area contributed by atoms with E-state index in [0.717, 1.165) is 22.0 Å². The van der Waals surface area contributed by atoms with Crippen molar-refractivity contribution in [2.75, 3.05) is 18.5 Å². The summed E-state index contributed by atoms with van der Waals surface area (Å²) in [4.78, 5) is 19.9. The van der Waals surface area contributed by atoms with Crippen LogP contribution in [0.15, 0.2) is 47.2 Å². The topological polar surface area (TPSA) is 45.2 Å². The van der Waals surface area contributed by atoms with Gasteiger partial charge in [0.25, 0.3) is 5.91 Å². The Balaban J connectivity index is 1.63. The molecule has 1 unspecified atom stereocenters. The van der Waals surface area contributed by atoms with Gasteiger partial charge in [-0.3, -0.25) is 4.79 Å². The first-order chi connectivity index (χ1) is 12.1. The van der Waals surface area contributed by atoms with Crippen molar-refractivity contribution in [2.24, 2.45) is 0 Å². The first-order valence-electron chi connectivity index (χ1n) is 8.12. The molecular weight excluding hydrogens is 350 g/mol. The quantitative estimate of drug-likeness (QED) is 0.697. The number of likely N-dealkylation sites (N-methyl/N-ethyl adjacent to an activating group) is 1. The Morgan fingerprint density at radius 1 is 1.28 bits per heavy atom. The third-order valence-electron chi connectivity index (χ3n) is 4.15. The third-order valence-corrected chi connectivity index (χ3v) is 6.04. The maximum Gasteiger partial charge on any atom is 0.263 e. The van der Waals surface area contributed by atoms with E-state index in [9.17, 15) is 4.79 Å². The number of hydrogen-bond acceptors (Lipinski definition) is 5. The number of hydrogen-bond donors (Lipinski definition) is 1. The van der Waals surface area contributed by atoms with Crippen molar-refractivity contribution >= 4 is 34.3 Å². The van der Waals surface area contributed by atoms with Gasteiger partial charge in [-0.2, -0.15) is 11.3 Å². The molecule has 1 N–H and O–H groups in total. The van der Waals surface area contributed by atoms with Gasteiger partial charge in [-0.25, -0.2) is 4.98 Å². The number of thiazole rings is 1. The number of nitrogens with zero attached hydrogens (tertiary/aromatic N) is 2. The molecule has 4 nitrogen and oxygen atoms in total. The van der Waals surface area contributed by atoms with E-state index < -0.39 is 0 Å². The van der Waals surface area contributed by atoms with Crippen LogP contribution in [0.4, 0.5) is 5.69 Å². The second kappa shape index (κ2) is 7.80. The molecular formula is C19H21N3OS2. The number of thiophene rings is 1. The molecule has 3 rings (SSSR count). The molecule has 0 bridgehead atoms. The van der Waals surface area contributed by atoms with E-state index in [-0.39, 0.29) is 11.9 Å². The molecule has 0 saturated carbocycles. The highest BCUT2D eigenvalue weighted by Gasteiger charge is 2.18. The molecule has 0 fully saturated rings. The zero-order valence-electron chi connectivity index (χ0n) is 14.5. The van der Waals surface area contributed by atoms with Crippen molar-refractivity contribution in [3.05, 3.63) is 57.7 Å². The predicted octanol–water partition coefficient (Wildman–Crippen LogP) is 4.43. The van der Waals surface area contributed by atoms with Crippen molar-refractivity contribution in [1.29, 1.82) is 0 Å². The second-order valence-electron chi connectivity index (χ2n) is 5.95. The maximum absolute atomic E-state index is 12.6. The average molecular weight is 372 g/mol. The predicted molar refractivity (Wildman–Crippen MR) is 107 cm³/mol. The van der Waals surface area contributed by atoms with Crippen LogP contribution >= 0.6 is 22.7 Å². The Morgan fingerprint density at radius 2 is 2.04 bits per heavy atom. The van der Waals surface area contributed by atoms with Crippen LogP contribution in [0.25, 0.3) is 10.6 Å². The molecule has 130 valence electrons. The SMILES string of the molecule is Cc1nc(-c2ccsc2)sc1C(=O)NCC(C)N(C)c1ccccc1. The molecule has 25 heavy (non-hydrogen) atoms. The smallest absolute Gasteiger partial charge is 0.263 e. The number of aryl methyl sites for hydroxylation is 1. The Hall–Kier alpha value is -2.18. The van der Waals surface area contributed by atoms with Gasteiger partial charge < -0.3 is 10.2 Å². The van der Waals surface area contributed by atoms with Gasteiger partial charge in [0.1, 0.15) is 9.88 Å². The Labute approximate surface area is 156 Å². The van der Waals surface area contributed by atoms with Crippen molar-refractivity contribution in [1.82, 2.24) is 10.3 Å². The molecule has 0 aliphatic rings. The highest BCUT2D eigenvalue weighted by atomic mass is 32.1. The number of anilines is 1. The van der Waals surface area contributed by atoms with Crippen LogP contribution < -0.4 is 10.2 Å². The van der Waals surface area contributed by atoms with E-state index in [1.165, 1.54) is 11.3 Å². The lowest BCUT2D eigenvalue weighted by atomic mass is 10.2. The maximum atomic E-state index is 12.6. The Morgan fingerprint density at radius 3 is 2.72 bits per heavy atom. The minimum Gasteiger partial charge on any atom is -0.370 e.